The normalized spacial score (nSPS) is 13.3. The van der Waals surface area contributed by atoms with Gasteiger partial charge in [0.1, 0.15) is 16.4 Å². The molecule has 4 rings (SSSR count). The molecule has 0 aliphatic carbocycles. The number of anilines is 3. The van der Waals surface area contributed by atoms with E-state index < -0.39 is 15.8 Å². The Labute approximate surface area is 202 Å². The second kappa shape index (κ2) is 8.82. The molecule has 0 fully saturated rings. The number of phenols is 1. The summed E-state index contributed by atoms with van der Waals surface area (Å²) >= 11 is 0. The molecular formula is C22H27N7O5S. The van der Waals surface area contributed by atoms with E-state index in [9.17, 15) is 13.5 Å². The Morgan fingerprint density at radius 3 is 2.26 bits per heavy atom. The van der Waals surface area contributed by atoms with Gasteiger partial charge >= 0.3 is 0 Å². The van der Waals surface area contributed by atoms with Crippen molar-refractivity contribution >= 4 is 38.6 Å². The van der Waals surface area contributed by atoms with Crippen LogP contribution < -0.4 is 10.6 Å². The molecule has 13 heteroatoms. The summed E-state index contributed by atoms with van der Waals surface area (Å²) in [5, 5.41) is 24.6. The van der Waals surface area contributed by atoms with Gasteiger partial charge in [-0.1, -0.05) is 26.8 Å². The zero-order chi connectivity index (χ0) is 25.5. The molecule has 0 radical (unpaired) electrons. The summed E-state index contributed by atoms with van der Waals surface area (Å²) in [4.78, 5) is 8.67. The number of nitrogens with one attached hydrogen (secondary N) is 2. The number of sulfonamides is 1. The highest BCUT2D eigenvalue weighted by molar-refractivity contribution is 7.89. The predicted molar refractivity (Wildman–Crippen MR) is 129 cm³/mol. The number of nitrogens with zero attached hydrogens (tertiary/aromatic N) is 5. The first kappa shape index (κ1) is 24.4. The van der Waals surface area contributed by atoms with Crippen LogP contribution in [0.2, 0.25) is 0 Å². The first-order valence-corrected chi connectivity index (χ1v) is 12.2. The van der Waals surface area contributed by atoms with Crippen molar-refractivity contribution < 1.29 is 22.6 Å². The number of aryl methyl sites for hydroxylation is 1. The zero-order valence-electron chi connectivity index (χ0n) is 20.2. The van der Waals surface area contributed by atoms with Crippen molar-refractivity contribution in [3.63, 3.8) is 0 Å². The van der Waals surface area contributed by atoms with Crippen molar-refractivity contribution in [1.29, 1.82) is 0 Å². The van der Waals surface area contributed by atoms with Gasteiger partial charge in [-0.2, -0.15) is 0 Å². The quantitative estimate of drug-likeness (QED) is 0.316. The fourth-order valence-corrected chi connectivity index (χ4v) is 4.44. The number of rotatable bonds is 7. The van der Waals surface area contributed by atoms with Crippen molar-refractivity contribution in [1.82, 2.24) is 24.6 Å². The third kappa shape index (κ3) is 4.77. The van der Waals surface area contributed by atoms with E-state index in [4.69, 9.17) is 9.05 Å². The SMILES string of the molecule is Cc1ccc([C@H](Nc2nc3nonc3nc2Nc2cccc(S(=O)(=O)N(C)C)c2O)C(C)(C)C)o1. The molecule has 1 atom stereocenters. The second-order valence-electron chi connectivity index (χ2n) is 9.29. The zero-order valence-corrected chi connectivity index (χ0v) is 21.0. The molecule has 4 aromatic rings. The number of para-hydroxylation sites is 1. The molecule has 0 saturated carbocycles. The third-order valence-corrected chi connectivity index (χ3v) is 7.16. The van der Waals surface area contributed by atoms with E-state index >= 15 is 0 Å². The number of hydrogen-bond acceptors (Lipinski definition) is 11. The molecule has 0 bridgehead atoms. The Bertz CT molecular complexity index is 1470. The van der Waals surface area contributed by atoms with Gasteiger partial charge in [0.05, 0.1) is 11.7 Å². The highest BCUT2D eigenvalue weighted by Gasteiger charge is 2.31. The number of aromatic hydroxyl groups is 1. The molecule has 3 heterocycles. The number of hydrogen-bond donors (Lipinski definition) is 3. The van der Waals surface area contributed by atoms with E-state index in [-0.39, 0.29) is 45.0 Å². The van der Waals surface area contributed by atoms with Crippen LogP contribution in [0.5, 0.6) is 5.75 Å². The van der Waals surface area contributed by atoms with Crippen molar-refractivity contribution in [2.45, 2.75) is 38.6 Å². The van der Waals surface area contributed by atoms with Crippen LogP contribution in [0.25, 0.3) is 11.3 Å². The lowest BCUT2D eigenvalue weighted by molar-refractivity contribution is 0.300. The van der Waals surface area contributed by atoms with E-state index in [1.54, 1.807) is 0 Å². The van der Waals surface area contributed by atoms with Crippen LogP contribution in [0.1, 0.15) is 38.3 Å². The fourth-order valence-electron chi connectivity index (χ4n) is 3.44. The number of benzene rings is 1. The average molecular weight is 502 g/mol. The van der Waals surface area contributed by atoms with E-state index in [2.05, 4.69) is 30.9 Å². The Kier molecular flexibility index (Phi) is 6.15. The van der Waals surface area contributed by atoms with Crippen LogP contribution in [0.3, 0.4) is 0 Å². The largest absolute Gasteiger partial charge is 0.504 e. The summed E-state index contributed by atoms with van der Waals surface area (Å²) in [7, 11) is -1.12. The van der Waals surface area contributed by atoms with Gasteiger partial charge in [0, 0.05) is 14.1 Å². The topological polar surface area (TPSA) is 160 Å². The van der Waals surface area contributed by atoms with Crippen LogP contribution in [0.15, 0.2) is 44.3 Å². The fraction of sp³-hybridized carbons (Fsp3) is 0.364. The van der Waals surface area contributed by atoms with Crippen molar-refractivity contribution in [3.8, 4) is 5.75 Å². The van der Waals surface area contributed by atoms with Gasteiger partial charge in [0.15, 0.2) is 17.4 Å². The molecule has 3 N–H and O–H groups in total. The smallest absolute Gasteiger partial charge is 0.246 e. The highest BCUT2D eigenvalue weighted by atomic mass is 32.2. The van der Waals surface area contributed by atoms with Crippen molar-refractivity contribution in [2.75, 3.05) is 24.7 Å². The van der Waals surface area contributed by atoms with E-state index in [0.29, 0.717) is 5.76 Å². The molecule has 186 valence electrons. The number of phenolic OH excluding ortho intramolecular Hbond substituents is 1. The number of furan rings is 1. The van der Waals surface area contributed by atoms with E-state index in [1.165, 1.54) is 32.3 Å². The van der Waals surface area contributed by atoms with Gasteiger partial charge in [-0.25, -0.2) is 27.3 Å². The minimum absolute atomic E-state index is 0.113. The summed E-state index contributed by atoms with van der Waals surface area (Å²) in [5.74, 6) is 1.47. The number of aromatic nitrogens is 4. The van der Waals surface area contributed by atoms with E-state index in [0.717, 1.165) is 10.1 Å². The molecule has 0 saturated heterocycles. The first-order chi connectivity index (χ1) is 16.4. The third-order valence-electron chi connectivity index (χ3n) is 5.32. The van der Waals surface area contributed by atoms with Gasteiger partial charge in [-0.3, -0.25) is 0 Å². The van der Waals surface area contributed by atoms with Crippen molar-refractivity contribution in [2.24, 2.45) is 5.41 Å². The van der Waals surface area contributed by atoms with Gasteiger partial charge in [0.2, 0.25) is 21.3 Å². The van der Waals surface area contributed by atoms with Gasteiger partial charge in [0.25, 0.3) is 0 Å². The van der Waals surface area contributed by atoms with Crippen LogP contribution >= 0.6 is 0 Å². The minimum atomic E-state index is -3.89. The maximum Gasteiger partial charge on any atom is 0.246 e. The molecule has 3 aromatic heterocycles. The van der Waals surface area contributed by atoms with Crippen LogP contribution in [-0.2, 0) is 10.0 Å². The summed E-state index contributed by atoms with van der Waals surface area (Å²) in [6.07, 6.45) is 0. The van der Waals surface area contributed by atoms with Gasteiger partial charge in [-0.05, 0) is 46.9 Å². The van der Waals surface area contributed by atoms with E-state index in [1.807, 2.05) is 39.8 Å². The van der Waals surface area contributed by atoms with Crippen LogP contribution in [-0.4, -0.2) is 52.2 Å². The molecule has 0 aliphatic rings. The maximum atomic E-state index is 12.6. The summed E-state index contributed by atoms with van der Waals surface area (Å²) in [6.45, 7) is 7.99. The molecule has 0 spiro atoms. The van der Waals surface area contributed by atoms with Crippen LogP contribution in [0.4, 0.5) is 17.3 Å². The lowest BCUT2D eigenvalue weighted by atomic mass is 9.85. The molecule has 12 nitrogen and oxygen atoms in total. The molecule has 1 aromatic carbocycles. The van der Waals surface area contributed by atoms with Gasteiger partial charge < -0.3 is 20.2 Å². The molecule has 0 unspecified atom stereocenters. The summed E-state index contributed by atoms with van der Waals surface area (Å²) in [6, 6.07) is 7.80. The lowest BCUT2D eigenvalue weighted by Gasteiger charge is -2.30. The Hall–Kier alpha value is -3.71. The number of fused-ring (bicyclic) bond motifs is 1. The second-order valence-corrected chi connectivity index (χ2v) is 11.4. The minimum Gasteiger partial charge on any atom is -0.504 e. The molecule has 0 amide bonds. The Morgan fingerprint density at radius 1 is 1.03 bits per heavy atom. The molecule has 0 aliphatic heterocycles. The lowest BCUT2D eigenvalue weighted by Crippen LogP contribution is -2.26. The highest BCUT2D eigenvalue weighted by Crippen LogP contribution is 2.39. The molecular weight excluding hydrogens is 474 g/mol. The molecule has 35 heavy (non-hydrogen) atoms. The first-order valence-electron chi connectivity index (χ1n) is 10.7. The van der Waals surface area contributed by atoms with Crippen LogP contribution in [0, 0.1) is 12.3 Å². The van der Waals surface area contributed by atoms with Gasteiger partial charge in [-0.15, -0.1) is 0 Å². The predicted octanol–water partition coefficient (Wildman–Crippen LogP) is 3.81. The standard InChI is InChI=1S/C22H27N7O5S/c1-12-10-11-14(33-12)17(22(2,3)4)24-19-18(25-20-21(26-19)28-34-27-20)23-13-8-7-9-15(16(13)30)35(31,32)29(5)6/h7-11,17,30H,1-6H3,(H,23,25,27)(H,24,26,28)/t17-/m0/s1. The Morgan fingerprint density at radius 2 is 1.69 bits per heavy atom. The maximum absolute atomic E-state index is 12.6. The summed E-state index contributed by atoms with van der Waals surface area (Å²) < 4.78 is 36.9. The van der Waals surface area contributed by atoms with Crippen molar-refractivity contribution in [3.05, 3.63) is 41.9 Å². The monoisotopic (exact) mass is 501 g/mol. The Balaban J connectivity index is 1.80. The average Bonchev–Trinajstić information content (AvgIpc) is 3.40. The summed E-state index contributed by atoms with van der Waals surface area (Å²) in [5.41, 5.74) is 0.120.